The summed E-state index contributed by atoms with van der Waals surface area (Å²) >= 11 is 1.30. The molecule has 1 aromatic carbocycles. The van der Waals surface area contributed by atoms with Gasteiger partial charge in [-0.25, -0.2) is 4.98 Å². The van der Waals surface area contributed by atoms with E-state index in [1.807, 2.05) is 38.1 Å². The monoisotopic (exact) mass is 421 g/mol. The van der Waals surface area contributed by atoms with Gasteiger partial charge in [-0.2, -0.15) is 0 Å². The molecule has 8 heteroatoms. The van der Waals surface area contributed by atoms with Gasteiger partial charge in [-0.3, -0.25) is 14.6 Å². The Balaban J connectivity index is 1.44. The van der Waals surface area contributed by atoms with E-state index in [4.69, 9.17) is 0 Å². The number of thiazole rings is 1. The largest absolute Gasteiger partial charge is 0.356 e. The molecule has 0 unspecified atom stereocenters. The van der Waals surface area contributed by atoms with E-state index in [0.717, 1.165) is 24.1 Å². The highest BCUT2D eigenvalue weighted by molar-refractivity contribution is 7.17. The molecule has 0 bridgehead atoms. The van der Waals surface area contributed by atoms with Crippen LogP contribution in [0.3, 0.4) is 0 Å². The molecule has 4 rings (SSSR count). The summed E-state index contributed by atoms with van der Waals surface area (Å²) in [7, 11) is 0. The van der Waals surface area contributed by atoms with Crippen LogP contribution in [0.2, 0.25) is 0 Å². The summed E-state index contributed by atoms with van der Waals surface area (Å²) in [6, 6.07) is 11.4. The van der Waals surface area contributed by atoms with Gasteiger partial charge in [-0.05, 0) is 56.5 Å². The normalized spacial score (nSPS) is 13.0. The number of hydrogen-bond acceptors (Lipinski definition) is 6. The Morgan fingerprint density at radius 3 is 2.70 bits per heavy atom. The Morgan fingerprint density at radius 2 is 1.97 bits per heavy atom. The van der Waals surface area contributed by atoms with Crippen molar-refractivity contribution in [3.05, 3.63) is 70.0 Å². The highest BCUT2D eigenvalue weighted by atomic mass is 32.1. The fourth-order valence-corrected chi connectivity index (χ4v) is 3.78. The van der Waals surface area contributed by atoms with Gasteiger partial charge in [0, 0.05) is 23.5 Å². The third-order valence-electron chi connectivity index (χ3n) is 4.81. The lowest BCUT2D eigenvalue weighted by Gasteiger charge is -2.10. The van der Waals surface area contributed by atoms with Crippen LogP contribution in [-0.2, 0) is 6.54 Å². The summed E-state index contributed by atoms with van der Waals surface area (Å²) in [6.07, 6.45) is 3.80. The number of amides is 2. The second-order valence-corrected chi connectivity index (χ2v) is 8.34. The Bertz CT molecular complexity index is 1080. The van der Waals surface area contributed by atoms with Crippen molar-refractivity contribution >= 4 is 34.0 Å². The number of pyridine rings is 1. The Labute approximate surface area is 179 Å². The van der Waals surface area contributed by atoms with Crippen molar-refractivity contribution in [3.63, 3.8) is 0 Å². The van der Waals surface area contributed by atoms with Gasteiger partial charge in [-0.1, -0.05) is 23.5 Å². The van der Waals surface area contributed by atoms with Gasteiger partial charge >= 0.3 is 0 Å². The molecule has 3 aromatic rings. The summed E-state index contributed by atoms with van der Waals surface area (Å²) in [5, 5.41) is 9.78. The lowest BCUT2D eigenvalue weighted by Crippen LogP contribution is -2.25. The van der Waals surface area contributed by atoms with Crippen LogP contribution in [0.5, 0.6) is 0 Å². The van der Waals surface area contributed by atoms with Crippen molar-refractivity contribution in [3.8, 4) is 0 Å². The van der Waals surface area contributed by atoms with Crippen LogP contribution in [0.15, 0.2) is 42.6 Å². The molecule has 0 atom stereocenters. The summed E-state index contributed by atoms with van der Waals surface area (Å²) in [5.41, 5.74) is 3.61. The van der Waals surface area contributed by atoms with Gasteiger partial charge in [0.05, 0.1) is 17.9 Å². The number of rotatable bonds is 7. The van der Waals surface area contributed by atoms with Crippen molar-refractivity contribution in [2.75, 3.05) is 10.6 Å². The van der Waals surface area contributed by atoms with E-state index in [0.29, 0.717) is 33.5 Å². The predicted octanol–water partition coefficient (Wildman–Crippen LogP) is 3.91. The first-order valence-corrected chi connectivity index (χ1v) is 10.7. The molecule has 2 aromatic heterocycles. The van der Waals surface area contributed by atoms with Gasteiger partial charge in [0.2, 0.25) is 0 Å². The lowest BCUT2D eigenvalue weighted by molar-refractivity contribution is 0.0949. The summed E-state index contributed by atoms with van der Waals surface area (Å²) < 4.78 is 0. The van der Waals surface area contributed by atoms with Crippen LogP contribution in [0.25, 0.3) is 0 Å². The second-order valence-electron chi connectivity index (χ2n) is 7.34. The minimum absolute atomic E-state index is 0.108. The zero-order chi connectivity index (χ0) is 21.1. The summed E-state index contributed by atoms with van der Waals surface area (Å²) in [5.74, 6) is -0.346. The van der Waals surface area contributed by atoms with E-state index in [1.54, 1.807) is 18.3 Å². The second kappa shape index (κ2) is 8.62. The SMILES string of the molecule is Cc1ccc(C(=O)NC2CC2)cc1NC(=O)c1sc(NCc2ccccn2)nc1C. The number of nitrogens with one attached hydrogen (secondary N) is 3. The van der Waals surface area contributed by atoms with Gasteiger partial charge < -0.3 is 16.0 Å². The first-order chi connectivity index (χ1) is 14.5. The van der Waals surface area contributed by atoms with E-state index in [-0.39, 0.29) is 17.9 Å². The standard InChI is InChI=1S/C22H23N5O2S/c1-13-6-7-15(20(28)26-16-8-9-16)11-18(13)27-21(29)19-14(2)25-22(30-19)24-12-17-5-3-4-10-23-17/h3-7,10-11,16H,8-9,12H2,1-2H3,(H,24,25)(H,26,28)(H,27,29). The number of carbonyl (C=O) groups is 2. The highest BCUT2D eigenvalue weighted by Gasteiger charge is 2.24. The number of aromatic nitrogens is 2. The molecule has 30 heavy (non-hydrogen) atoms. The molecule has 2 heterocycles. The van der Waals surface area contributed by atoms with Crippen LogP contribution in [0.1, 0.15) is 49.8 Å². The molecule has 154 valence electrons. The number of carbonyl (C=O) groups excluding carboxylic acids is 2. The van der Waals surface area contributed by atoms with Crippen LogP contribution in [0.4, 0.5) is 10.8 Å². The molecule has 0 radical (unpaired) electrons. The fourth-order valence-electron chi connectivity index (χ4n) is 2.92. The minimum Gasteiger partial charge on any atom is -0.356 e. The zero-order valence-electron chi connectivity index (χ0n) is 16.9. The molecule has 3 N–H and O–H groups in total. The van der Waals surface area contributed by atoms with Crippen LogP contribution in [-0.4, -0.2) is 27.8 Å². The average Bonchev–Trinajstić information content (AvgIpc) is 3.48. The number of anilines is 2. The molecule has 1 fully saturated rings. The average molecular weight is 422 g/mol. The van der Waals surface area contributed by atoms with Crippen LogP contribution in [0, 0.1) is 13.8 Å². The first kappa shape index (κ1) is 20.0. The molecule has 0 spiro atoms. The lowest BCUT2D eigenvalue weighted by atomic mass is 10.1. The van der Waals surface area contributed by atoms with E-state index in [1.165, 1.54) is 11.3 Å². The number of hydrogen-bond donors (Lipinski definition) is 3. The molecule has 0 saturated heterocycles. The van der Waals surface area contributed by atoms with Crippen molar-refractivity contribution in [1.82, 2.24) is 15.3 Å². The van der Waals surface area contributed by atoms with Gasteiger partial charge in [0.1, 0.15) is 4.88 Å². The minimum atomic E-state index is -0.237. The fraction of sp³-hybridized carbons (Fsp3) is 0.273. The van der Waals surface area contributed by atoms with Gasteiger partial charge in [-0.15, -0.1) is 0 Å². The van der Waals surface area contributed by atoms with E-state index < -0.39 is 0 Å². The smallest absolute Gasteiger partial charge is 0.267 e. The molecule has 7 nitrogen and oxygen atoms in total. The molecule has 1 aliphatic carbocycles. The number of aryl methyl sites for hydroxylation is 2. The molecular formula is C22H23N5O2S. The van der Waals surface area contributed by atoms with E-state index in [9.17, 15) is 9.59 Å². The highest BCUT2D eigenvalue weighted by Crippen LogP contribution is 2.26. The quantitative estimate of drug-likeness (QED) is 0.537. The third-order valence-corrected chi connectivity index (χ3v) is 5.92. The van der Waals surface area contributed by atoms with Crippen LogP contribution < -0.4 is 16.0 Å². The van der Waals surface area contributed by atoms with E-state index >= 15 is 0 Å². The zero-order valence-corrected chi connectivity index (χ0v) is 17.7. The Morgan fingerprint density at radius 1 is 1.13 bits per heavy atom. The Kier molecular flexibility index (Phi) is 5.76. The van der Waals surface area contributed by atoms with Crippen molar-refractivity contribution in [2.45, 2.75) is 39.3 Å². The van der Waals surface area contributed by atoms with Crippen molar-refractivity contribution in [2.24, 2.45) is 0 Å². The van der Waals surface area contributed by atoms with E-state index in [2.05, 4.69) is 25.9 Å². The molecule has 0 aliphatic heterocycles. The maximum atomic E-state index is 12.9. The maximum absolute atomic E-state index is 12.9. The van der Waals surface area contributed by atoms with Crippen molar-refractivity contribution < 1.29 is 9.59 Å². The predicted molar refractivity (Wildman–Crippen MR) is 118 cm³/mol. The molecule has 1 saturated carbocycles. The first-order valence-electron chi connectivity index (χ1n) is 9.83. The molecule has 2 amide bonds. The topological polar surface area (TPSA) is 96.0 Å². The summed E-state index contributed by atoms with van der Waals surface area (Å²) in [6.45, 7) is 4.24. The van der Waals surface area contributed by atoms with Gasteiger partial charge in [0.15, 0.2) is 5.13 Å². The summed E-state index contributed by atoms with van der Waals surface area (Å²) in [4.78, 5) is 34.4. The molecular weight excluding hydrogens is 398 g/mol. The maximum Gasteiger partial charge on any atom is 0.267 e. The van der Waals surface area contributed by atoms with Crippen molar-refractivity contribution in [1.29, 1.82) is 0 Å². The third kappa shape index (κ3) is 4.83. The number of benzene rings is 1. The Hall–Kier alpha value is -3.26. The molecule has 1 aliphatic rings. The van der Waals surface area contributed by atoms with Gasteiger partial charge in [0.25, 0.3) is 11.8 Å². The van der Waals surface area contributed by atoms with Crippen LogP contribution >= 0.6 is 11.3 Å². The number of nitrogens with zero attached hydrogens (tertiary/aromatic N) is 2.